The van der Waals surface area contributed by atoms with Crippen molar-refractivity contribution in [3.05, 3.63) is 46.4 Å². The van der Waals surface area contributed by atoms with Crippen molar-refractivity contribution in [3.8, 4) is 5.75 Å². The summed E-state index contributed by atoms with van der Waals surface area (Å²) in [6, 6.07) is 6.19. The predicted octanol–water partition coefficient (Wildman–Crippen LogP) is 3.35. The maximum atomic E-state index is 12.8. The molecule has 2 aliphatic rings. The molecular weight excluding hydrogens is 404 g/mol. The number of methoxy groups -OCH3 is 1. The molecule has 0 aliphatic carbocycles. The number of ether oxygens (including phenoxy) is 1. The Balaban J connectivity index is 1.34. The van der Waals surface area contributed by atoms with Gasteiger partial charge in [0, 0.05) is 50.2 Å². The van der Waals surface area contributed by atoms with Crippen LogP contribution in [-0.4, -0.2) is 53.9 Å². The van der Waals surface area contributed by atoms with Crippen molar-refractivity contribution >= 4 is 17.6 Å². The second-order valence-electron chi connectivity index (χ2n) is 8.91. The first-order valence-electron chi connectivity index (χ1n) is 11.4. The fourth-order valence-electron chi connectivity index (χ4n) is 4.77. The fourth-order valence-corrected chi connectivity index (χ4v) is 4.77. The van der Waals surface area contributed by atoms with Crippen LogP contribution in [0.25, 0.3) is 0 Å². The van der Waals surface area contributed by atoms with Gasteiger partial charge in [0.2, 0.25) is 11.8 Å². The van der Waals surface area contributed by atoms with Crippen LogP contribution in [0.5, 0.6) is 5.75 Å². The van der Waals surface area contributed by atoms with Crippen molar-refractivity contribution in [2.75, 3.05) is 32.1 Å². The fraction of sp³-hybridized carbons (Fsp3) is 0.520. The molecule has 3 heterocycles. The standard InChI is InChI=1S/C25H32N4O3/c1-16-14-18(8-10-21(16)32-4)6-5-7-23(31)29-13-12-19(15-29)24-26-17(2)20-9-11-22(30)28(3)25(20)27-24/h8,10,14,19H,5-7,9,11-13,15H2,1-4H3/t19-/m1/s1. The van der Waals surface area contributed by atoms with Crippen molar-refractivity contribution in [2.45, 2.75) is 58.3 Å². The molecule has 0 N–H and O–H groups in total. The topological polar surface area (TPSA) is 75.6 Å². The molecule has 32 heavy (non-hydrogen) atoms. The van der Waals surface area contributed by atoms with Gasteiger partial charge in [0.25, 0.3) is 0 Å². The number of benzene rings is 1. The van der Waals surface area contributed by atoms with Gasteiger partial charge in [-0.15, -0.1) is 0 Å². The molecule has 1 saturated heterocycles. The lowest BCUT2D eigenvalue weighted by Gasteiger charge is -2.26. The van der Waals surface area contributed by atoms with Crippen molar-refractivity contribution in [1.29, 1.82) is 0 Å². The molecule has 1 fully saturated rings. The van der Waals surface area contributed by atoms with Crippen LogP contribution in [-0.2, 0) is 22.4 Å². The summed E-state index contributed by atoms with van der Waals surface area (Å²) in [5, 5.41) is 0. The molecule has 7 heteroatoms. The Bertz CT molecular complexity index is 1040. The zero-order chi connectivity index (χ0) is 22.8. The smallest absolute Gasteiger partial charge is 0.228 e. The second-order valence-corrected chi connectivity index (χ2v) is 8.91. The van der Waals surface area contributed by atoms with Crippen LogP contribution in [0.1, 0.15) is 59.8 Å². The highest BCUT2D eigenvalue weighted by molar-refractivity contribution is 5.94. The van der Waals surface area contributed by atoms with Gasteiger partial charge in [0.15, 0.2) is 0 Å². The number of hydrogen-bond acceptors (Lipinski definition) is 5. The molecular formula is C25H32N4O3. The predicted molar refractivity (Wildman–Crippen MR) is 123 cm³/mol. The molecule has 170 valence electrons. The second kappa shape index (κ2) is 9.27. The van der Waals surface area contributed by atoms with Crippen LogP contribution in [0.3, 0.4) is 0 Å². The summed E-state index contributed by atoms with van der Waals surface area (Å²) in [5.74, 6) is 2.80. The largest absolute Gasteiger partial charge is 0.496 e. The molecule has 0 radical (unpaired) electrons. The van der Waals surface area contributed by atoms with Crippen LogP contribution in [0.4, 0.5) is 5.82 Å². The van der Waals surface area contributed by atoms with Crippen molar-refractivity contribution in [2.24, 2.45) is 0 Å². The van der Waals surface area contributed by atoms with E-state index in [-0.39, 0.29) is 17.7 Å². The Morgan fingerprint density at radius 3 is 2.78 bits per heavy atom. The molecule has 0 saturated carbocycles. The summed E-state index contributed by atoms with van der Waals surface area (Å²) in [6.07, 6.45) is 4.31. The Labute approximate surface area is 189 Å². The zero-order valence-corrected chi connectivity index (χ0v) is 19.5. The average molecular weight is 437 g/mol. The molecule has 1 aromatic heterocycles. The lowest BCUT2D eigenvalue weighted by atomic mass is 10.0. The van der Waals surface area contributed by atoms with E-state index in [4.69, 9.17) is 14.7 Å². The van der Waals surface area contributed by atoms with E-state index >= 15 is 0 Å². The average Bonchev–Trinajstić information content (AvgIpc) is 3.27. The van der Waals surface area contributed by atoms with Gasteiger partial charge in [-0.1, -0.05) is 12.1 Å². The number of hydrogen-bond donors (Lipinski definition) is 0. The van der Waals surface area contributed by atoms with E-state index in [1.54, 1.807) is 19.1 Å². The van der Waals surface area contributed by atoms with Gasteiger partial charge >= 0.3 is 0 Å². The number of likely N-dealkylation sites (tertiary alicyclic amines) is 1. The van der Waals surface area contributed by atoms with Gasteiger partial charge in [-0.3, -0.25) is 14.5 Å². The molecule has 2 aromatic rings. The van der Waals surface area contributed by atoms with Gasteiger partial charge in [0.05, 0.1) is 7.11 Å². The first kappa shape index (κ1) is 22.2. The van der Waals surface area contributed by atoms with Crippen LogP contribution in [0, 0.1) is 13.8 Å². The number of aryl methyl sites for hydroxylation is 3. The lowest BCUT2D eigenvalue weighted by Crippen LogP contribution is -2.33. The van der Waals surface area contributed by atoms with Crippen LogP contribution in [0.2, 0.25) is 0 Å². The van der Waals surface area contributed by atoms with Crippen LogP contribution >= 0.6 is 0 Å². The van der Waals surface area contributed by atoms with E-state index in [2.05, 4.69) is 12.1 Å². The summed E-state index contributed by atoms with van der Waals surface area (Å²) < 4.78 is 5.32. The molecule has 0 spiro atoms. The van der Waals surface area contributed by atoms with Gasteiger partial charge in [-0.05, 0) is 56.7 Å². The van der Waals surface area contributed by atoms with E-state index in [0.717, 1.165) is 60.0 Å². The minimum absolute atomic E-state index is 0.0943. The van der Waals surface area contributed by atoms with E-state index in [9.17, 15) is 9.59 Å². The Morgan fingerprint density at radius 1 is 1.22 bits per heavy atom. The number of amides is 2. The monoisotopic (exact) mass is 436 g/mol. The van der Waals surface area contributed by atoms with Crippen LogP contribution < -0.4 is 9.64 Å². The third-order valence-electron chi connectivity index (χ3n) is 6.71. The van der Waals surface area contributed by atoms with E-state index in [1.165, 1.54) is 5.56 Å². The maximum absolute atomic E-state index is 12.8. The van der Waals surface area contributed by atoms with Gasteiger partial charge in [0.1, 0.15) is 17.4 Å². The Hall–Kier alpha value is -2.96. The summed E-state index contributed by atoms with van der Waals surface area (Å²) in [7, 11) is 3.46. The highest BCUT2D eigenvalue weighted by Crippen LogP contribution is 2.31. The van der Waals surface area contributed by atoms with Gasteiger partial charge in [-0.25, -0.2) is 9.97 Å². The Morgan fingerprint density at radius 2 is 2.03 bits per heavy atom. The van der Waals surface area contributed by atoms with E-state index in [1.807, 2.05) is 24.8 Å². The van der Waals surface area contributed by atoms with E-state index < -0.39 is 0 Å². The minimum Gasteiger partial charge on any atom is -0.496 e. The summed E-state index contributed by atoms with van der Waals surface area (Å²) in [5.41, 5.74) is 4.36. The highest BCUT2D eigenvalue weighted by atomic mass is 16.5. The Kier molecular flexibility index (Phi) is 6.44. The lowest BCUT2D eigenvalue weighted by molar-refractivity contribution is -0.130. The number of aromatic nitrogens is 2. The van der Waals surface area contributed by atoms with Crippen molar-refractivity contribution < 1.29 is 14.3 Å². The van der Waals surface area contributed by atoms with Gasteiger partial charge < -0.3 is 9.64 Å². The number of fused-ring (bicyclic) bond motifs is 1. The molecule has 4 rings (SSSR count). The molecule has 7 nitrogen and oxygen atoms in total. The van der Waals surface area contributed by atoms with Gasteiger partial charge in [-0.2, -0.15) is 0 Å². The molecule has 2 aliphatic heterocycles. The molecule has 0 unspecified atom stereocenters. The normalized spacial score (nSPS) is 18.1. The number of rotatable bonds is 6. The minimum atomic E-state index is 0.0943. The van der Waals surface area contributed by atoms with E-state index in [0.29, 0.717) is 25.8 Å². The third kappa shape index (κ3) is 4.47. The zero-order valence-electron chi connectivity index (χ0n) is 19.5. The molecule has 2 amide bonds. The number of nitrogens with zero attached hydrogens (tertiary/aromatic N) is 4. The quantitative estimate of drug-likeness (QED) is 0.694. The first-order chi connectivity index (χ1) is 15.4. The van der Waals surface area contributed by atoms with Crippen molar-refractivity contribution in [1.82, 2.24) is 14.9 Å². The highest BCUT2D eigenvalue weighted by Gasteiger charge is 2.31. The molecule has 1 atom stereocenters. The maximum Gasteiger partial charge on any atom is 0.228 e. The molecule has 0 bridgehead atoms. The SMILES string of the molecule is COc1ccc(CCCC(=O)N2CC[C@@H](c3nc(C)c4c(n3)N(C)C(=O)CC4)C2)cc1C. The summed E-state index contributed by atoms with van der Waals surface area (Å²) in [4.78, 5) is 38.0. The number of anilines is 1. The van der Waals surface area contributed by atoms with Crippen LogP contribution in [0.15, 0.2) is 18.2 Å². The number of carbonyl (C=O) groups excluding carboxylic acids is 2. The molecule has 1 aromatic carbocycles. The summed E-state index contributed by atoms with van der Waals surface area (Å²) in [6.45, 7) is 5.41. The summed E-state index contributed by atoms with van der Waals surface area (Å²) >= 11 is 0. The first-order valence-corrected chi connectivity index (χ1v) is 11.4. The number of carbonyl (C=O) groups is 2. The third-order valence-corrected chi connectivity index (χ3v) is 6.71. The van der Waals surface area contributed by atoms with Crippen molar-refractivity contribution in [3.63, 3.8) is 0 Å².